The smallest absolute Gasteiger partial charge is 0.256 e. The number of carbonyl (C=O) groups excluding carboxylic acids is 2. The minimum atomic E-state index is -0.304. The van der Waals surface area contributed by atoms with Gasteiger partial charge in [-0.15, -0.1) is 4.99 Å². The van der Waals surface area contributed by atoms with Gasteiger partial charge in [0, 0.05) is 6.42 Å². The second-order valence-electron chi connectivity index (χ2n) is 3.66. The van der Waals surface area contributed by atoms with Gasteiger partial charge in [0.2, 0.25) is 6.08 Å². The van der Waals surface area contributed by atoms with Gasteiger partial charge in [0.05, 0.1) is 0 Å². The molecule has 0 aliphatic heterocycles. The molecule has 3 heteroatoms. The molecule has 0 spiro atoms. The number of carbonyl (C=O) groups is 1. The molecule has 0 heterocycles. The number of isocyanates is 1. The summed E-state index contributed by atoms with van der Waals surface area (Å²) in [5.41, 5.74) is 0. The summed E-state index contributed by atoms with van der Waals surface area (Å²) in [6.07, 6.45) is 8.94. The Morgan fingerprint density at radius 1 is 1.23 bits per heavy atom. The van der Waals surface area contributed by atoms with Gasteiger partial charge in [-0.1, -0.05) is 25.7 Å². The first-order valence-electron chi connectivity index (χ1n) is 4.93. The van der Waals surface area contributed by atoms with Gasteiger partial charge < -0.3 is 0 Å². The lowest BCUT2D eigenvalue weighted by molar-refractivity contribution is -0.118. The molecule has 3 nitrogen and oxygen atoms in total. The summed E-state index contributed by atoms with van der Waals surface area (Å²) in [5.74, 6) is 0.147. The number of amides is 1. The van der Waals surface area contributed by atoms with Crippen LogP contribution in [-0.2, 0) is 9.59 Å². The third kappa shape index (κ3) is 4.00. The molecule has 1 rings (SSSR count). The molecular weight excluding hydrogens is 166 g/mol. The highest BCUT2D eigenvalue weighted by Crippen LogP contribution is 2.25. The zero-order valence-corrected chi connectivity index (χ0v) is 7.79. The molecular formula is C10H15NO2. The Morgan fingerprint density at radius 2 is 1.85 bits per heavy atom. The summed E-state index contributed by atoms with van der Waals surface area (Å²) >= 11 is 0. The number of nitrogens with zero attached hydrogens (tertiary/aromatic N) is 1. The van der Waals surface area contributed by atoms with Crippen LogP contribution in [0.1, 0.15) is 44.9 Å². The summed E-state index contributed by atoms with van der Waals surface area (Å²) in [6.45, 7) is 0. The molecule has 0 aromatic rings. The van der Waals surface area contributed by atoms with Crippen LogP contribution >= 0.6 is 0 Å². The highest BCUT2D eigenvalue weighted by atomic mass is 16.2. The fourth-order valence-corrected chi connectivity index (χ4v) is 1.91. The molecule has 1 amide bonds. The van der Waals surface area contributed by atoms with Crippen LogP contribution in [0.2, 0.25) is 0 Å². The SMILES string of the molecule is O=C=NC(=O)CC1CCCCCC1. The lowest BCUT2D eigenvalue weighted by Crippen LogP contribution is -2.05. The topological polar surface area (TPSA) is 46.5 Å². The fraction of sp³-hybridized carbons (Fsp3) is 0.800. The highest BCUT2D eigenvalue weighted by molar-refractivity contribution is 5.81. The van der Waals surface area contributed by atoms with E-state index in [1.54, 1.807) is 0 Å². The van der Waals surface area contributed by atoms with Crippen molar-refractivity contribution in [1.82, 2.24) is 0 Å². The summed E-state index contributed by atoms with van der Waals surface area (Å²) in [5, 5.41) is 0. The van der Waals surface area contributed by atoms with Gasteiger partial charge >= 0.3 is 0 Å². The van der Waals surface area contributed by atoms with Gasteiger partial charge in [-0.2, -0.15) is 0 Å². The summed E-state index contributed by atoms with van der Waals surface area (Å²) in [7, 11) is 0. The molecule has 0 aromatic heterocycles. The largest absolute Gasteiger partial charge is 0.272 e. The van der Waals surface area contributed by atoms with E-state index in [1.807, 2.05) is 0 Å². The third-order valence-electron chi connectivity index (χ3n) is 2.61. The first-order chi connectivity index (χ1) is 6.33. The van der Waals surface area contributed by atoms with Crippen molar-refractivity contribution in [3.63, 3.8) is 0 Å². The highest BCUT2D eigenvalue weighted by Gasteiger charge is 2.15. The van der Waals surface area contributed by atoms with Gasteiger partial charge in [-0.05, 0) is 18.8 Å². The first-order valence-corrected chi connectivity index (χ1v) is 4.93. The van der Waals surface area contributed by atoms with Crippen molar-refractivity contribution in [1.29, 1.82) is 0 Å². The molecule has 72 valence electrons. The molecule has 1 fully saturated rings. The average molecular weight is 181 g/mol. The van der Waals surface area contributed by atoms with E-state index < -0.39 is 0 Å². The van der Waals surface area contributed by atoms with E-state index in [4.69, 9.17) is 0 Å². The Bertz CT molecular complexity index is 211. The van der Waals surface area contributed by atoms with Gasteiger partial charge in [-0.25, -0.2) is 4.79 Å². The average Bonchev–Trinajstić information content (AvgIpc) is 2.33. The van der Waals surface area contributed by atoms with Crippen LogP contribution in [0.5, 0.6) is 0 Å². The predicted molar refractivity (Wildman–Crippen MR) is 48.9 cm³/mol. The van der Waals surface area contributed by atoms with Crippen LogP contribution in [0.3, 0.4) is 0 Å². The maximum absolute atomic E-state index is 11.0. The molecule has 0 aromatic carbocycles. The first kappa shape index (κ1) is 10.1. The maximum Gasteiger partial charge on any atom is 0.256 e. The van der Waals surface area contributed by atoms with Crippen LogP contribution in [0.4, 0.5) is 0 Å². The summed E-state index contributed by atoms with van der Waals surface area (Å²) in [6, 6.07) is 0. The second-order valence-corrected chi connectivity index (χ2v) is 3.66. The minimum absolute atomic E-state index is 0.304. The van der Waals surface area contributed by atoms with Crippen LogP contribution in [0, 0.1) is 5.92 Å². The van der Waals surface area contributed by atoms with Crippen LogP contribution < -0.4 is 0 Å². The van der Waals surface area contributed by atoms with Crippen LogP contribution in [0.25, 0.3) is 0 Å². The molecule has 1 aliphatic carbocycles. The van der Waals surface area contributed by atoms with E-state index in [1.165, 1.54) is 31.8 Å². The number of rotatable bonds is 2. The number of aliphatic imine (C=N–C) groups is 1. The Hall–Kier alpha value is -0.950. The standard InChI is InChI=1S/C10H15NO2/c12-8-11-10(13)7-9-5-3-1-2-4-6-9/h9H,1-7H2. The van der Waals surface area contributed by atoms with Gasteiger partial charge in [0.1, 0.15) is 0 Å². The number of hydrogen-bond donors (Lipinski definition) is 0. The van der Waals surface area contributed by atoms with Gasteiger partial charge in [0.25, 0.3) is 5.91 Å². The molecule has 0 atom stereocenters. The van der Waals surface area contributed by atoms with Crippen molar-refractivity contribution < 1.29 is 9.59 Å². The van der Waals surface area contributed by atoms with Crippen LogP contribution in [-0.4, -0.2) is 12.0 Å². The summed E-state index contributed by atoms with van der Waals surface area (Å²) < 4.78 is 0. The molecule has 0 N–H and O–H groups in total. The molecule has 0 bridgehead atoms. The normalized spacial score (nSPS) is 18.8. The van der Waals surface area contributed by atoms with Crippen molar-refractivity contribution in [3.8, 4) is 0 Å². The van der Waals surface area contributed by atoms with Crippen LogP contribution in [0.15, 0.2) is 4.99 Å². The lowest BCUT2D eigenvalue weighted by atomic mass is 9.96. The minimum Gasteiger partial charge on any atom is -0.272 e. The van der Waals surface area contributed by atoms with Crippen molar-refractivity contribution in [2.45, 2.75) is 44.9 Å². The van der Waals surface area contributed by atoms with Gasteiger partial charge in [0.15, 0.2) is 0 Å². The van der Waals surface area contributed by atoms with E-state index in [0.717, 1.165) is 12.8 Å². The molecule has 1 aliphatic rings. The van der Waals surface area contributed by atoms with Crippen molar-refractivity contribution in [2.24, 2.45) is 10.9 Å². The molecule has 0 radical (unpaired) electrons. The Kier molecular flexibility index (Phi) is 4.41. The van der Waals surface area contributed by atoms with Gasteiger partial charge in [-0.3, -0.25) is 4.79 Å². The van der Waals surface area contributed by atoms with E-state index in [9.17, 15) is 9.59 Å². The van der Waals surface area contributed by atoms with E-state index >= 15 is 0 Å². The van der Waals surface area contributed by atoms with E-state index in [-0.39, 0.29) is 5.91 Å². The van der Waals surface area contributed by atoms with Crippen molar-refractivity contribution in [3.05, 3.63) is 0 Å². The van der Waals surface area contributed by atoms with E-state index in [0.29, 0.717) is 12.3 Å². The second kappa shape index (κ2) is 5.65. The molecule has 0 unspecified atom stereocenters. The third-order valence-corrected chi connectivity index (χ3v) is 2.61. The van der Waals surface area contributed by atoms with E-state index in [2.05, 4.69) is 4.99 Å². The van der Waals surface area contributed by atoms with Crippen molar-refractivity contribution >= 4 is 12.0 Å². The fourth-order valence-electron chi connectivity index (χ4n) is 1.91. The predicted octanol–water partition coefficient (Wildman–Crippen LogP) is 2.21. The Morgan fingerprint density at radius 3 is 2.38 bits per heavy atom. The van der Waals surface area contributed by atoms with Crippen molar-refractivity contribution in [2.75, 3.05) is 0 Å². The zero-order chi connectivity index (χ0) is 9.52. The Balaban J connectivity index is 2.33. The zero-order valence-electron chi connectivity index (χ0n) is 7.79. The molecule has 1 saturated carbocycles. The monoisotopic (exact) mass is 181 g/mol. The molecule has 0 saturated heterocycles. The summed E-state index contributed by atoms with van der Waals surface area (Å²) in [4.78, 5) is 23.9. The maximum atomic E-state index is 11.0. The Labute approximate surface area is 78.2 Å². The quantitative estimate of drug-likeness (QED) is 0.372. The lowest BCUT2D eigenvalue weighted by Gasteiger charge is -2.09. The number of hydrogen-bond acceptors (Lipinski definition) is 2. The molecule has 13 heavy (non-hydrogen) atoms.